The fourth-order valence-electron chi connectivity index (χ4n) is 1.87. The summed E-state index contributed by atoms with van der Waals surface area (Å²) >= 11 is 0. The van der Waals surface area contributed by atoms with Gasteiger partial charge in [0.05, 0.1) is 30.0 Å². The van der Waals surface area contributed by atoms with Crippen LogP contribution in [0.1, 0.15) is 10.5 Å². The summed E-state index contributed by atoms with van der Waals surface area (Å²) in [4.78, 5) is 30.2. The zero-order valence-corrected chi connectivity index (χ0v) is 11.2. The fraction of sp³-hybridized carbons (Fsp3) is 0.250. The lowest BCUT2D eigenvalue weighted by Crippen LogP contribution is -2.26. The minimum atomic E-state index is -0.630. The number of nitrogens with one attached hydrogen (secondary N) is 1. The van der Waals surface area contributed by atoms with E-state index in [0.29, 0.717) is 16.7 Å². The van der Waals surface area contributed by atoms with Crippen molar-refractivity contribution in [3.63, 3.8) is 0 Å². The monoisotopic (exact) mass is 279 g/mol. The highest BCUT2D eigenvalue weighted by Gasteiger charge is 2.29. The number of hydrogen-bond donors (Lipinski definition) is 1. The lowest BCUT2D eigenvalue weighted by molar-refractivity contribution is -0.383. The van der Waals surface area contributed by atoms with Gasteiger partial charge in [0, 0.05) is 7.05 Å². The number of nitro groups is 1. The number of hydrogen-bond acceptors (Lipinski definition) is 5. The molecular weight excluding hydrogens is 266 g/mol. The minimum Gasteiger partial charge on any atom is -0.497 e. The maximum atomic E-state index is 12.1. The number of nitrogens with zero attached hydrogens (tertiary/aromatic N) is 2. The first-order chi connectivity index (χ1) is 9.49. The first kappa shape index (κ1) is 13.8. The van der Waals surface area contributed by atoms with Crippen LogP contribution in [0, 0.1) is 10.1 Å². The molecule has 106 valence electrons. The van der Waals surface area contributed by atoms with Crippen LogP contribution in [0.3, 0.4) is 0 Å². The van der Waals surface area contributed by atoms with Crippen LogP contribution in [-0.4, -0.2) is 42.1 Å². The second-order valence-electron chi connectivity index (χ2n) is 4.00. The summed E-state index contributed by atoms with van der Waals surface area (Å²) in [7, 11) is 4.14. The highest BCUT2D eigenvalue weighted by molar-refractivity contribution is 6.05. The number of aromatic amines is 1. The molecule has 0 unspecified atom stereocenters. The van der Waals surface area contributed by atoms with E-state index in [1.807, 2.05) is 0 Å². The predicted octanol–water partition coefficient (Wildman–Crippen LogP) is 1.72. The smallest absolute Gasteiger partial charge is 0.307 e. The van der Waals surface area contributed by atoms with E-state index in [4.69, 9.17) is 9.57 Å². The highest BCUT2D eigenvalue weighted by Crippen LogP contribution is 2.33. The number of H-pyrrole nitrogens is 1. The molecule has 0 atom stereocenters. The van der Waals surface area contributed by atoms with Crippen LogP contribution in [0.2, 0.25) is 0 Å². The molecule has 8 nitrogen and oxygen atoms in total. The molecule has 0 bridgehead atoms. The Bertz CT molecular complexity index is 679. The van der Waals surface area contributed by atoms with Gasteiger partial charge in [-0.3, -0.25) is 19.7 Å². The summed E-state index contributed by atoms with van der Waals surface area (Å²) < 4.78 is 5.04. The normalized spacial score (nSPS) is 10.6. The second-order valence-corrected chi connectivity index (χ2v) is 4.00. The van der Waals surface area contributed by atoms with Gasteiger partial charge in [0.15, 0.2) is 5.69 Å². The third-order valence-electron chi connectivity index (χ3n) is 2.93. The van der Waals surface area contributed by atoms with Crippen LogP contribution in [0.4, 0.5) is 5.69 Å². The van der Waals surface area contributed by atoms with Crippen molar-refractivity contribution in [1.82, 2.24) is 10.0 Å². The van der Waals surface area contributed by atoms with E-state index in [9.17, 15) is 14.9 Å². The molecule has 20 heavy (non-hydrogen) atoms. The number of fused-ring (bicyclic) bond motifs is 1. The lowest BCUT2D eigenvalue weighted by atomic mass is 10.2. The molecule has 0 aliphatic rings. The Hall–Kier alpha value is -2.61. The largest absolute Gasteiger partial charge is 0.497 e. The zero-order chi connectivity index (χ0) is 14.9. The van der Waals surface area contributed by atoms with Crippen LogP contribution in [0.5, 0.6) is 5.75 Å². The summed E-state index contributed by atoms with van der Waals surface area (Å²) in [6, 6.07) is 4.77. The number of ether oxygens (including phenoxy) is 1. The molecule has 1 heterocycles. The van der Waals surface area contributed by atoms with E-state index in [1.54, 1.807) is 12.1 Å². The zero-order valence-electron chi connectivity index (χ0n) is 11.2. The van der Waals surface area contributed by atoms with Crippen molar-refractivity contribution in [3.05, 3.63) is 34.0 Å². The SMILES string of the molecule is COc1ccc2[nH]c(C(=O)N(C)OC)c([N+](=O)[O-])c2c1. The number of hydroxylamine groups is 2. The van der Waals surface area contributed by atoms with Crippen LogP contribution in [0.15, 0.2) is 18.2 Å². The van der Waals surface area contributed by atoms with Crippen LogP contribution >= 0.6 is 0 Å². The van der Waals surface area contributed by atoms with Gasteiger partial charge >= 0.3 is 11.6 Å². The predicted molar refractivity (Wildman–Crippen MR) is 70.6 cm³/mol. The van der Waals surface area contributed by atoms with Crippen molar-refractivity contribution in [1.29, 1.82) is 0 Å². The Kier molecular flexibility index (Phi) is 3.57. The molecule has 0 saturated carbocycles. The van der Waals surface area contributed by atoms with Gasteiger partial charge in [-0.25, -0.2) is 5.06 Å². The van der Waals surface area contributed by atoms with E-state index in [0.717, 1.165) is 5.06 Å². The highest BCUT2D eigenvalue weighted by atomic mass is 16.7. The molecule has 1 aromatic heterocycles. The summed E-state index contributed by atoms with van der Waals surface area (Å²) in [5.41, 5.74) is 0.0424. The van der Waals surface area contributed by atoms with Crippen molar-refractivity contribution < 1.29 is 19.3 Å². The maximum absolute atomic E-state index is 12.1. The number of carbonyl (C=O) groups is 1. The second kappa shape index (κ2) is 5.17. The van der Waals surface area contributed by atoms with Gasteiger partial charge in [-0.05, 0) is 18.2 Å². The molecule has 2 aromatic rings. The summed E-state index contributed by atoms with van der Waals surface area (Å²) in [5, 5.41) is 12.5. The molecule has 2 rings (SSSR count). The van der Waals surface area contributed by atoms with E-state index in [-0.39, 0.29) is 11.4 Å². The third kappa shape index (κ3) is 2.16. The fourth-order valence-corrected chi connectivity index (χ4v) is 1.87. The molecule has 0 spiro atoms. The Morgan fingerprint density at radius 2 is 2.10 bits per heavy atom. The maximum Gasteiger partial charge on any atom is 0.307 e. The van der Waals surface area contributed by atoms with Gasteiger partial charge in [0.25, 0.3) is 0 Å². The van der Waals surface area contributed by atoms with E-state index in [2.05, 4.69) is 4.98 Å². The first-order valence-corrected chi connectivity index (χ1v) is 5.65. The topological polar surface area (TPSA) is 97.7 Å². The van der Waals surface area contributed by atoms with Gasteiger partial charge in [-0.2, -0.15) is 0 Å². The molecule has 0 aliphatic carbocycles. The van der Waals surface area contributed by atoms with E-state index >= 15 is 0 Å². The number of amides is 1. The molecule has 0 aliphatic heterocycles. The van der Waals surface area contributed by atoms with Gasteiger partial charge < -0.3 is 9.72 Å². The number of aromatic nitrogens is 1. The average Bonchev–Trinajstić information content (AvgIpc) is 2.83. The molecule has 1 aromatic carbocycles. The molecule has 8 heteroatoms. The van der Waals surface area contributed by atoms with E-state index < -0.39 is 10.8 Å². The molecule has 1 N–H and O–H groups in total. The third-order valence-corrected chi connectivity index (χ3v) is 2.93. The summed E-state index contributed by atoms with van der Waals surface area (Å²) in [6.07, 6.45) is 0. The van der Waals surface area contributed by atoms with Crippen molar-refractivity contribution in [2.45, 2.75) is 0 Å². The molecule has 0 saturated heterocycles. The van der Waals surface area contributed by atoms with E-state index in [1.165, 1.54) is 27.3 Å². The van der Waals surface area contributed by atoms with Gasteiger partial charge in [-0.1, -0.05) is 0 Å². The number of methoxy groups -OCH3 is 1. The Balaban J connectivity index is 2.69. The number of benzene rings is 1. The number of rotatable bonds is 4. The quantitative estimate of drug-likeness (QED) is 0.678. The lowest BCUT2D eigenvalue weighted by Gasteiger charge is -2.11. The van der Waals surface area contributed by atoms with Crippen LogP contribution in [-0.2, 0) is 4.84 Å². The summed E-state index contributed by atoms with van der Waals surface area (Å²) in [6.45, 7) is 0. The molecule has 0 radical (unpaired) electrons. The van der Waals surface area contributed by atoms with Crippen molar-refractivity contribution in [2.24, 2.45) is 0 Å². The Labute approximate surface area is 114 Å². The van der Waals surface area contributed by atoms with Gasteiger partial charge in [0.2, 0.25) is 0 Å². The van der Waals surface area contributed by atoms with Crippen molar-refractivity contribution >= 4 is 22.5 Å². The minimum absolute atomic E-state index is 0.136. The summed E-state index contributed by atoms with van der Waals surface area (Å²) in [5.74, 6) is -0.159. The molecular formula is C12H13N3O5. The van der Waals surface area contributed by atoms with Crippen LogP contribution < -0.4 is 4.74 Å². The van der Waals surface area contributed by atoms with Crippen LogP contribution in [0.25, 0.3) is 10.9 Å². The Morgan fingerprint density at radius 3 is 2.65 bits per heavy atom. The number of carbonyl (C=O) groups excluding carboxylic acids is 1. The molecule has 0 fully saturated rings. The average molecular weight is 279 g/mol. The van der Waals surface area contributed by atoms with Crippen molar-refractivity contribution in [3.8, 4) is 5.75 Å². The molecule has 1 amide bonds. The van der Waals surface area contributed by atoms with Crippen molar-refractivity contribution in [2.75, 3.05) is 21.3 Å². The van der Waals surface area contributed by atoms with Gasteiger partial charge in [0.1, 0.15) is 5.75 Å². The van der Waals surface area contributed by atoms with Gasteiger partial charge in [-0.15, -0.1) is 0 Å². The first-order valence-electron chi connectivity index (χ1n) is 5.65. The standard InChI is InChI=1S/C12H13N3O5/c1-14(20-3)12(16)10-11(15(17)18)8-6-7(19-2)4-5-9(8)13-10/h4-6,13H,1-3H3. The Morgan fingerprint density at radius 1 is 1.40 bits per heavy atom.